The van der Waals surface area contributed by atoms with Crippen molar-refractivity contribution in [2.45, 2.75) is 25.9 Å². The van der Waals surface area contributed by atoms with Crippen LogP contribution in [0.1, 0.15) is 30.2 Å². The second-order valence-corrected chi connectivity index (χ2v) is 6.10. The number of methoxy groups -OCH3 is 1. The van der Waals surface area contributed by atoms with Gasteiger partial charge in [-0.2, -0.15) is 4.98 Å². The zero-order valence-electron chi connectivity index (χ0n) is 14.9. The number of nitrogens with one attached hydrogen (secondary N) is 1. The number of amides is 2. The van der Waals surface area contributed by atoms with E-state index >= 15 is 0 Å². The van der Waals surface area contributed by atoms with E-state index in [1.165, 1.54) is 4.90 Å². The molecule has 4 rings (SSSR count). The standard InChI is InChI=1S/C18H18N4O5/c1-3-13-19-14(27-21-13)8-22-11-9-26-17(23)15(11)16(20-18(22)24)10-6-4-5-7-12(10)25-2/h4-7,16H,3,8-9H2,1-2H3,(H,20,24)/t16-/m0/s1. The molecular weight excluding hydrogens is 352 g/mol. The Kier molecular flexibility index (Phi) is 4.27. The summed E-state index contributed by atoms with van der Waals surface area (Å²) in [5.74, 6) is 0.962. The lowest BCUT2D eigenvalue weighted by Gasteiger charge is -2.32. The number of rotatable bonds is 5. The van der Waals surface area contributed by atoms with Gasteiger partial charge in [-0.1, -0.05) is 30.3 Å². The summed E-state index contributed by atoms with van der Waals surface area (Å²) >= 11 is 0. The fourth-order valence-corrected chi connectivity index (χ4v) is 3.25. The second-order valence-electron chi connectivity index (χ2n) is 6.10. The number of esters is 1. The topological polar surface area (TPSA) is 107 Å². The predicted molar refractivity (Wildman–Crippen MR) is 91.5 cm³/mol. The molecule has 9 heteroatoms. The third-order valence-electron chi connectivity index (χ3n) is 4.57. The van der Waals surface area contributed by atoms with Crippen molar-refractivity contribution < 1.29 is 23.6 Å². The van der Waals surface area contributed by atoms with Crippen molar-refractivity contribution in [1.29, 1.82) is 0 Å². The van der Waals surface area contributed by atoms with Crippen LogP contribution in [0.15, 0.2) is 40.1 Å². The number of cyclic esters (lactones) is 1. The summed E-state index contributed by atoms with van der Waals surface area (Å²) in [6.45, 7) is 1.99. The highest BCUT2D eigenvalue weighted by atomic mass is 16.5. The number of benzene rings is 1. The van der Waals surface area contributed by atoms with Crippen LogP contribution in [0.2, 0.25) is 0 Å². The Hall–Kier alpha value is -3.36. The quantitative estimate of drug-likeness (QED) is 0.799. The number of urea groups is 1. The highest BCUT2D eigenvalue weighted by Crippen LogP contribution is 2.38. The highest BCUT2D eigenvalue weighted by Gasteiger charge is 2.43. The van der Waals surface area contributed by atoms with E-state index in [1.54, 1.807) is 19.2 Å². The lowest BCUT2D eigenvalue weighted by molar-refractivity contribution is -0.136. The molecule has 2 aliphatic rings. The van der Waals surface area contributed by atoms with Crippen molar-refractivity contribution in [2.75, 3.05) is 13.7 Å². The Labute approximate surface area is 154 Å². The first kappa shape index (κ1) is 17.1. The number of hydrogen-bond donors (Lipinski definition) is 1. The van der Waals surface area contributed by atoms with E-state index in [4.69, 9.17) is 14.0 Å². The molecule has 0 fully saturated rings. The van der Waals surface area contributed by atoms with Gasteiger partial charge in [0.05, 0.1) is 24.4 Å². The van der Waals surface area contributed by atoms with Gasteiger partial charge in [-0.25, -0.2) is 9.59 Å². The maximum atomic E-state index is 12.8. The van der Waals surface area contributed by atoms with Crippen LogP contribution in [-0.2, 0) is 22.5 Å². The molecule has 2 aromatic rings. The minimum absolute atomic E-state index is 0.0159. The normalized spacial score (nSPS) is 19.0. The van der Waals surface area contributed by atoms with Gasteiger partial charge in [0.25, 0.3) is 0 Å². The molecule has 2 amide bonds. The SMILES string of the molecule is CCc1noc(CN2C(=O)N[C@@H](c3ccccc3OC)C3=C2COC3=O)n1. The van der Waals surface area contributed by atoms with Crippen molar-refractivity contribution in [3.05, 3.63) is 52.8 Å². The molecule has 140 valence electrons. The summed E-state index contributed by atoms with van der Waals surface area (Å²) in [6.07, 6.45) is 0.626. The Balaban J connectivity index is 1.72. The first-order valence-electron chi connectivity index (χ1n) is 8.55. The number of aromatic nitrogens is 2. The molecule has 1 aromatic heterocycles. The van der Waals surface area contributed by atoms with Crippen LogP contribution in [0.5, 0.6) is 5.75 Å². The summed E-state index contributed by atoms with van der Waals surface area (Å²) in [5.41, 5.74) is 1.57. The number of carbonyl (C=O) groups is 2. The van der Waals surface area contributed by atoms with Gasteiger partial charge in [0.2, 0.25) is 5.89 Å². The molecule has 0 aliphatic carbocycles. The molecule has 2 aliphatic heterocycles. The average Bonchev–Trinajstić information content (AvgIpc) is 3.30. The van der Waals surface area contributed by atoms with Crippen molar-refractivity contribution in [3.63, 3.8) is 0 Å². The van der Waals surface area contributed by atoms with Gasteiger partial charge in [0.15, 0.2) is 5.82 Å². The number of carbonyl (C=O) groups excluding carboxylic acids is 2. The average molecular weight is 370 g/mol. The molecule has 1 aromatic carbocycles. The number of nitrogens with zero attached hydrogens (tertiary/aromatic N) is 3. The van der Waals surface area contributed by atoms with Crippen molar-refractivity contribution in [2.24, 2.45) is 0 Å². The van der Waals surface area contributed by atoms with Gasteiger partial charge in [-0.3, -0.25) is 4.90 Å². The molecule has 27 heavy (non-hydrogen) atoms. The van der Waals surface area contributed by atoms with E-state index in [0.29, 0.717) is 40.7 Å². The summed E-state index contributed by atoms with van der Waals surface area (Å²) < 4.78 is 15.8. The number of ether oxygens (including phenoxy) is 2. The largest absolute Gasteiger partial charge is 0.496 e. The van der Waals surface area contributed by atoms with Crippen LogP contribution < -0.4 is 10.1 Å². The molecule has 0 bridgehead atoms. The summed E-state index contributed by atoms with van der Waals surface area (Å²) in [4.78, 5) is 30.8. The summed E-state index contributed by atoms with van der Waals surface area (Å²) in [6, 6.07) is 6.20. The first-order valence-corrected chi connectivity index (χ1v) is 8.55. The lowest BCUT2D eigenvalue weighted by Crippen LogP contribution is -2.47. The van der Waals surface area contributed by atoms with Gasteiger partial charge < -0.3 is 19.3 Å². The molecular formula is C18H18N4O5. The number of para-hydroxylation sites is 1. The smallest absolute Gasteiger partial charge is 0.338 e. The minimum atomic E-state index is -0.649. The van der Waals surface area contributed by atoms with Gasteiger partial charge in [0.1, 0.15) is 18.9 Å². The third kappa shape index (κ3) is 2.90. The molecule has 3 heterocycles. The van der Waals surface area contributed by atoms with Crippen LogP contribution in [0, 0.1) is 0 Å². The molecule has 0 saturated carbocycles. The van der Waals surface area contributed by atoms with Gasteiger partial charge in [-0.15, -0.1) is 0 Å². The molecule has 0 saturated heterocycles. The van der Waals surface area contributed by atoms with Crippen LogP contribution in [0.4, 0.5) is 4.79 Å². The molecule has 1 N–H and O–H groups in total. The van der Waals surface area contributed by atoms with Crippen LogP contribution >= 0.6 is 0 Å². The van der Waals surface area contributed by atoms with E-state index in [1.807, 2.05) is 19.1 Å². The van der Waals surface area contributed by atoms with Crippen LogP contribution in [-0.4, -0.2) is 40.8 Å². The molecule has 0 spiro atoms. The maximum Gasteiger partial charge on any atom is 0.338 e. The van der Waals surface area contributed by atoms with Crippen LogP contribution in [0.25, 0.3) is 0 Å². The zero-order valence-corrected chi connectivity index (χ0v) is 14.9. The molecule has 0 unspecified atom stereocenters. The minimum Gasteiger partial charge on any atom is -0.496 e. The fraction of sp³-hybridized carbons (Fsp3) is 0.333. The van der Waals surface area contributed by atoms with Gasteiger partial charge >= 0.3 is 12.0 Å². The van der Waals surface area contributed by atoms with E-state index in [0.717, 1.165) is 0 Å². The molecule has 0 radical (unpaired) electrons. The van der Waals surface area contributed by atoms with Crippen molar-refractivity contribution in [3.8, 4) is 5.75 Å². The Bertz CT molecular complexity index is 935. The monoisotopic (exact) mass is 370 g/mol. The second kappa shape index (κ2) is 6.75. The Morgan fingerprint density at radius 1 is 1.33 bits per heavy atom. The molecule has 9 nitrogen and oxygen atoms in total. The van der Waals surface area contributed by atoms with E-state index in [9.17, 15) is 9.59 Å². The summed E-state index contributed by atoms with van der Waals surface area (Å²) in [7, 11) is 1.54. The number of hydrogen-bond acceptors (Lipinski definition) is 7. The van der Waals surface area contributed by atoms with E-state index in [-0.39, 0.29) is 19.2 Å². The van der Waals surface area contributed by atoms with Gasteiger partial charge in [-0.05, 0) is 6.07 Å². The van der Waals surface area contributed by atoms with Crippen LogP contribution in [0.3, 0.4) is 0 Å². The van der Waals surface area contributed by atoms with E-state index in [2.05, 4.69) is 15.5 Å². The number of aryl methyl sites for hydroxylation is 1. The van der Waals surface area contributed by atoms with E-state index < -0.39 is 12.0 Å². The highest BCUT2D eigenvalue weighted by molar-refractivity contribution is 5.97. The Morgan fingerprint density at radius 2 is 2.15 bits per heavy atom. The lowest BCUT2D eigenvalue weighted by atomic mass is 9.95. The summed E-state index contributed by atoms with van der Waals surface area (Å²) in [5, 5.41) is 6.69. The maximum absolute atomic E-state index is 12.8. The zero-order chi connectivity index (χ0) is 19.0. The van der Waals surface area contributed by atoms with Gasteiger partial charge in [0, 0.05) is 12.0 Å². The first-order chi connectivity index (χ1) is 13.1. The predicted octanol–water partition coefficient (Wildman–Crippen LogP) is 1.72. The molecule has 1 atom stereocenters. The van der Waals surface area contributed by atoms with Crippen molar-refractivity contribution in [1.82, 2.24) is 20.4 Å². The third-order valence-corrected chi connectivity index (χ3v) is 4.57. The van der Waals surface area contributed by atoms with Crippen molar-refractivity contribution >= 4 is 12.0 Å². The Morgan fingerprint density at radius 3 is 2.89 bits per heavy atom. The fourth-order valence-electron chi connectivity index (χ4n) is 3.25.